The number of aromatic hydroxyl groups is 1. The molecule has 6 nitrogen and oxygen atoms in total. The number of hydrogen-bond donors (Lipinski definition) is 1. The van der Waals surface area contributed by atoms with Gasteiger partial charge >= 0.3 is 0 Å². The number of phenolic OH excluding ortho intramolecular Hbond substituents is 1. The fourth-order valence-corrected chi connectivity index (χ4v) is 3.95. The molecule has 0 saturated carbocycles. The van der Waals surface area contributed by atoms with Gasteiger partial charge in [-0.25, -0.2) is 0 Å². The zero-order chi connectivity index (χ0) is 18.9. The molecule has 1 N–H and O–H groups in total. The lowest BCUT2D eigenvalue weighted by atomic mass is 10.0. The van der Waals surface area contributed by atoms with Crippen molar-refractivity contribution in [3.8, 4) is 11.5 Å². The Morgan fingerprint density at radius 3 is 2.00 bits per heavy atom. The lowest BCUT2D eigenvalue weighted by molar-refractivity contribution is 0.0374. The molecule has 0 aliphatic carbocycles. The summed E-state index contributed by atoms with van der Waals surface area (Å²) in [5, 5.41) is 10.4. The monoisotopic (exact) mass is 378 g/mol. The normalized spacial score (nSPS) is 19.3. The van der Waals surface area contributed by atoms with Gasteiger partial charge in [-0.1, -0.05) is 6.07 Å². The second-order valence-corrected chi connectivity index (χ2v) is 7.42. The molecule has 2 fully saturated rings. The van der Waals surface area contributed by atoms with Crippen molar-refractivity contribution >= 4 is 0 Å². The second kappa shape index (κ2) is 10.9. The Kier molecular flexibility index (Phi) is 8.20. The van der Waals surface area contributed by atoms with Gasteiger partial charge in [0.25, 0.3) is 0 Å². The fourth-order valence-electron chi connectivity index (χ4n) is 3.95. The molecule has 0 radical (unpaired) electrons. The zero-order valence-corrected chi connectivity index (χ0v) is 16.6. The van der Waals surface area contributed by atoms with Crippen LogP contribution in [0.15, 0.2) is 12.1 Å². The number of methoxy groups -OCH3 is 1. The summed E-state index contributed by atoms with van der Waals surface area (Å²) < 4.78 is 16.3. The minimum atomic E-state index is 0.266. The Hall–Kier alpha value is -1.34. The lowest BCUT2D eigenvalue weighted by Crippen LogP contribution is -2.37. The molecule has 0 spiro atoms. The van der Waals surface area contributed by atoms with Crippen LogP contribution in [0.4, 0.5) is 0 Å². The van der Waals surface area contributed by atoms with Crippen molar-refractivity contribution in [2.45, 2.75) is 25.7 Å². The summed E-state index contributed by atoms with van der Waals surface area (Å²) in [6.45, 7) is 9.60. The van der Waals surface area contributed by atoms with E-state index in [1.165, 1.54) is 5.56 Å². The van der Waals surface area contributed by atoms with E-state index in [9.17, 15) is 5.11 Å². The van der Waals surface area contributed by atoms with Crippen LogP contribution < -0.4 is 4.74 Å². The smallest absolute Gasteiger partial charge is 0.163 e. The topological polar surface area (TPSA) is 54.4 Å². The summed E-state index contributed by atoms with van der Waals surface area (Å²) >= 11 is 0. The van der Waals surface area contributed by atoms with E-state index < -0.39 is 0 Å². The molecule has 27 heavy (non-hydrogen) atoms. The number of benzene rings is 1. The van der Waals surface area contributed by atoms with Gasteiger partial charge in [0.1, 0.15) is 0 Å². The molecule has 0 bridgehead atoms. The second-order valence-electron chi connectivity index (χ2n) is 7.42. The molecule has 0 aromatic heterocycles. The molecule has 0 unspecified atom stereocenters. The number of morpholine rings is 2. The van der Waals surface area contributed by atoms with Crippen molar-refractivity contribution < 1.29 is 19.3 Å². The summed E-state index contributed by atoms with van der Waals surface area (Å²) in [5.41, 5.74) is 2.31. The number of rotatable bonds is 9. The number of ether oxygens (including phenoxy) is 3. The number of phenols is 1. The van der Waals surface area contributed by atoms with Crippen LogP contribution in [0.3, 0.4) is 0 Å². The van der Waals surface area contributed by atoms with Gasteiger partial charge in [0, 0.05) is 26.2 Å². The van der Waals surface area contributed by atoms with Crippen LogP contribution in [0, 0.1) is 0 Å². The molecule has 1 aromatic carbocycles. The van der Waals surface area contributed by atoms with Gasteiger partial charge in [-0.15, -0.1) is 0 Å². The van der Waals surface area contributed by atoms with Crippen molar-refractivity contribution in [3.05, 3.63) is 23.3 Å². The van der Waals surface area contributed by atoms with E-state index in [2.05, 4.69) is 15.9 Å². The maximum Gasteiger partial charge on any atom is 0.163 e. The van der Waals surface area contributed by atoms with Crippen molar-refractivity contribution in [1.82, 2.24) is 9.80 Å². The Labute approximate surface area is 163 Å². The van der Waals surface area contributed by atoms with Gasteiger partial charge in [0.2, 0.25) is 0 Å². The summed E-state index contributed by atoms with van der Waals surface area (Å²) in [7, 11) is 1.64. The largest absolute Gasteiger partial charge is 0.504 e. The standard InChI is InChI=1S/C21H34N2O4/c1-25-21-19(5-3-7-23-10-14-27-15-11-23)16-18(17-20(21)24)4-2-6-22-8-12-26-13-9-22/h16-17,24H,2-15H2,1H3. The van der Waals surface area contributed by atoms with Gasteiger partial charge in [0.15, 0.2) is 11.5 Å². The van der Waals surface area contributed by atoms with E-state index in [0.29, 0.717) is 5.75 Å². The molecule has 2 aliphatic heterocycles. The first-order valence-corrected chi connectivity index (χ1v) is 10.2. The molecule has 0 amide bonds. The minimum absolute atomic E-state index is 0.266. The summed E-state index contributed by atoms with van der Waals surface area (Å²) in [4.78, 5) is 4.90. The van der Waals surface area contributed by atoms with Crippen molar-refractivity contribution in [3.63, 3.8) is 0 Å². The quantitative estimate of drug-likeness (QED) is 0.709. The van der Waals surface area contributed by atoms with Crippen molar-refractivity contribution in [1.29, 1.82) is 0 Å². The SMILES string of the molecule is COc1c(O)cc(CCCN2CCOCC2)cc1CCCN1CCOCC1. The molecule has 2 heterocycles. The van der Waals surface area contributed by atoms with Gasteiger partial charge < -0.3 is 19.3 Å². The van der Waals surface area contributed by atoms with Crippen LogP contribution in [0.2, 0.25) is 0 Å². The maximum absolute atomic E-state index is 10.4. The van der Waals surface area contributed by atoms with Gasteiger partial charge in [-0.05, 0) is 56.0 Å². The molecule has 0 atom stereocenters. The lowest BCUT2D eigenvalue weighted by Gasteiger charge is -2.26. The highest BCUT2D eigenvalue weighted by Gasteiger charge is 2.14. The number of hydrogen-bond acceptors (Lipinski definition) is 6. The highest BCUT2D eigenvalue weighted by molar-refractivity contribution is 5.48. The number of nitrogens with zero attached hydrogens (tertiary/aromatic N) is 2. The Morgan fingerprint density at radius 1 is 0.889 bits per heavy atom. The van der Waals surface area contributed by atoms with Crippen LogP contribution in [-0.2, 0) is 22.3 Å². The van der Waals surface area contributed by atoms with Crippen LogP contribution in [0.5, 0.6) is 11.5 Å². The van der Waals surface area contributed by atoms with Gasteiger partial charge in [0.05, 0.1) is 33.5 Å². The van der Waals surface area contributed by atoms with E-state index >= 15 is 0 Å². The molecule has 152 valence electrons. The minimum Gasteiger partial charge on any atom is -0.504 e. The third kappa shape index (κ3) is 6.35. The first kappa shape index (κ1) is 20.4. The molecular weight excluding hydrogens is 344 g/mol. The average Bonchev–Trinajstić information content (AvgIpc) is 2.69. The third-order valence-electron chi connectivity index (χ3n) is 5.48. The van der Waals surface area contributed by atoms with Crippen LogP contribution >= 0.6 is 0 Å². The third-order valence-corrected chi connectivity index (χ3v) is 5.48. The Balaban J connectivity index is 1.51. The molecular formula is C21H34N2O4. The van der Waals surface area contributed by atoms with Gasteiger partial charge in [-0.3, -0.25) is 9.80 Å². The van der Waals surface area contributed by atoms with Crippen molar-refractivity contribution in [2.24, 2.45) is 0 Å². The molecule has 1 aromatic rings. The summed E-state index contributed by atoms with van der Waals surface area (Å²) in [6.07, 6.45) is 4.06. The predicted molar refractivity (Wildman–Crippen MR) is 106 cm³/mol. The maximum atomic E-state index is 10.4. The average molecular weight is 379 g/mol. The Morgan fingerprint density at radius 2 is 1.44 bits per heavy atom. The van der Waals surface area contributed by atoms with E-state index in [1.54, 1.807) is 7.11 Å². The Bertz CT molecular complexity index is 570. The number of aryl methyl sites for hydroxylation is 2. The molecule has 3 rings (SSSR count). The molecule has 6 heteroatoms. The first-order valence-electron chi connectivity index (χ1n) is 10.2. The van der Waals surface area contributed by atoms with Gasteiger partial charge in [-0.2, -0.15) is 0 Å². The summed E-state index contributed by atoms with van der Waals surface area (Å²) in [5.74, 6) is 0.900. The zero-order valence-electron chi connectivity index (χ0n) is 16.6. The molecule has 2 aliphatic rings. The van der Waals surface area contributed by atoms with E-state index in [-0.39, 0.29) is 5.75 Å². The van der Waals surface area contributed by atoms with Crippen LogP contribution in [0.1, 0.15) is 24.0 Å². The predicted octanol–water partition coefficient (Wildman–Crippen LogP) is 1.93. The first-order chi connectivity index (χ1) is 13.3. The van der Waals surface area contributed by atoms with Crippen molar-refractivity contribution in [2.75, 3.05) is 72.8 Å². The summed E-state index contributed by atoms with van der Waals surface area (Å²) in [6, 6.07) is 4.08. The highest BCUT2D eigenvalue weighted by atomic mass is 16.5. The fraction of sp³-hybridized carbons (Fsp3) is 0.714. The highest BCUT2D eigenvalue weighted by Crippen LogP contribution is 2.33. The molecule has 2 saturated heterocycles. The van der Waals surface area contributed by atoms with E-state index in [0.717, 1.165) is 96.9 Å². The van der Waals surface area contributed by atoms with Crippen LogP contribution in [-0.4, -0.2) is 87.7 Å². The van der Waals surface area contributed by atoms with Crippen LogP contribution in [0.25, 0.3) is 0 Å². The van der Waals surface area contributed by atoms with E-state index in [1.807, 2.05) is 6.07 Å². The van der Waals surface area contributed by atoms with E-state index in [4.69, 9.17) is 14.2 Å².